The lowest BCUT2D eigenvalue weighted by Gasteiger charge is -2.21. The molecule has 23 heavy (non-hydrogen) atoms. The average Bonchev–Trinajstić information content (AvgIpc) is 3.06. The van der Waals surface area contributed by atoms with Crippen molar-refractivity contribution in [2.75, 3.05) is 0 Å². The molecule has 0 unspecified atom stereocenters. The van der Waals surface area contributed by atoms with Crippen LogP contribution in [-0.2, 0) is 17.1 Å². The Labute approximate surface area is 134 Å². The first kappa shape index (κ1) is 15.9. The van der Waals surface area contributed by atoms with E-state index in [2.05, 4.69) is 5.10 Å². The van der Waals surface area contributed by atoms with Crippen molar-refractivity contribution in [1.82, 2.24) is 9.78 Å². The van der Waals surface area contributed by atoms with Gasteiger partial charge in [-0.2, -0.15) is 5.10 Å². The Morgan fingerprint density at radius 2 is 2.13 bits per heavy atom. The summed E-state index contributed by atoms with van der Waals surface area (Å²) in [5.41, 5.74) is 1.08. The van der Waals surface area contributed by atoms with Crippen LogP contribution in [-0.4, -0.2) is 24.3 Å². The van der Waals surface area contributed by atoms with Gasteiger partial charge in [-0.15, -0.1) is 0 Å². The van der Waals surface area contributed by atoms with E-state index in [1.165, 1.54) is 6.07 Å². The molecule has 1 aromatic heterocycles. The van der Waals surface area contributed by atoms with Gasteiger partial charge in [0.05, 0.1) is 0 Å². The van der Waals surface area contributed by atoms with Crippen molar-refractivity contribution in [2.45, 2.75) is 36.2 Å². The third kappa shape index (κ3) is 3.23. The molecule has 2 N–H and O–H groups in total. The van der Waals surface area contributed by atoms with Gasteiger partial charge in [0.15, 0.2) is 0 Å². The molecule has 0 saturated heterocycles. The van der Waals surface area contributed by atoms with E-state index >= 15 is 0 Å². The fourth-order valence-corrected chi connectivity index (χ4v) is 3.70. The van der Waals surface area contributed by atoms with E-state index in [4.69, 9.17) is 9.88 Å². The maximum Gasteiger partial charge on any atom is 0.240 e. The Kier molecular flexibility index (Phi) is 4.11. The van der Waals surface area contributed by atoms with E-state index < -0.39 is 20.7 Å². The van der Waals surface area contributed by atoms with Crippen LogP contribution in [0.4, 0.5) is 4.39 Å². The van der Waals surface area contributed by atoms with Gasteiger partial charge in [0.1, 0.15) is 22.6 Å². The van der Waals surface area contributed by atoms with Gasteiger partial charge in [-0.25, -0.2) is 17.9 Å². The summed E-state index contributed by atoms with van der Waals surface area (Å²) < 4.78 is 44.1. The summed E-state index contributed by atoms with van der Waals surface area (Å²) in [6.45, 7) is 0. The Balaban J connectivity index is 1.82. The number of hydrogen-bond acceptors (Lipinski definition) is 4. The number of nitrogens with two attached hydrogens (primary N) is 1. The molecule has 0 bridgehead atoms. The fraction of sp³-hybridized carbons (Fsp3) is 0.400. The molecule has 124 valence electrons. The largest absolute Gasteiger partial charge is 0.490 e. The first-order valence-corrected chi connectivity index (χ1v) is 8.88. The summed E-state index contributed by atoms with van der Waals surface area (Å²) in [6.07, 6.45) is 4.49. The highest BCUT2D eigenvalue weighted by molar-refractivity contribution is 7.89. The first-order chi connectivity index (χ1) is 10.9. The average molecular weight is 339 g/mol. The highest BCUT2D eigenvalue weighted by atomic mass is 32.2. The highest BCUT2D eigenvalue weighted by Gasteiger charge is 2.32. The van der Waals surface area contributed by atoms with Gasteiger partial charge in [-0.1, -0.05) is 0 Å². The van der Waals surface area contributed by atoms with Gasteiger partial charge in [0, 0.05) is 30.9 Å². The van der Waals surface area contributed by atoms with E-state index in [-0.39, 0.29) is 12.0 Å². The maximum atomic E-state index is 13.9. The van der Waals surface area contributed by atoms with Crippen molar-refractivity contribution in [3.05, 3.63) is 42.0 Å². The van der Waals surface area contributed by atoms with Crippen molar-refractivity contribution in [2.24, 2.45) is 12.2 Å². The SMILES string of the molecule is Cn1nccc1[C@H]1CCC[C@@H]1Oc1ccc(S(N)(=O)=O)c(F)c1. The molecule has 1 saturated carbocycles. The second-order valence-electron chi connectivity index (χ2n) is 5.71. The van der Waals surface area contributed by atoms with Gasteiger partial charge in [-0.3, -0.25) is 4.68 Å². The number of sulfonamides is 1. The van der Waals surface area contributed by atoms with E-state index in [9.17, 15) is 12.8 Å². The van der Waals surface area contributed by atoms with Crippen molar-refractivity contribution in [3.8, 4) is 5.75 Å². The fourth-order valence-electron chi connectivity index (χ4n) is 3.11. The van der Waals surface area contributed by atoms with Crippen molar-refractivity contribution < 1.29 is 17.5 Å². The van der Waals surface area contributed by atoms with Gasteiger partial charge in [-0.05, 0) is 37.5 Å². The number of hydrogen-bond donors (Lipinski definition) is 1. The van der Waals surface area contributed by atoms with Gasteiger partial charge in [0.2, 0.25) is 10.0 Å². The molecule has 0 aliphatic heterocycles. The van der Waals surface area contributed by atoms with Crippen LogP contribution in [0.15, 0.2) is 35.4 Å². The van der Waals surface area contributed by atoms with Gasteiger partial charge >= 0.3 is 0 Å². The molecule has 1 fully saturated rings. The topological polar surface area (TPSA) is 87.2 Å². The molecule has 2 aromatic rings. The second-order valence-corrected chi connectivity index (χ2v) is 7.24. The molecular weight excluding hydrogens is 321 g/mol. The molecule has 1 heterocycles. The Hall–Kier alpha value is -1.93. The molecule has 8 heteroatoms. The third-order valence-corrected chi connectivity index (χ3v) is 5.13. The number of nitrogens with zero attached hydrogens (tertiary/aromatic N) is 2. The standard InChI is InChI=1S/C15H18FN3O3S/c1-19-13(7-8-18-19)11-3-2-4-14(11)22-10-5-6-15(12(16)9-10)23(17,20)21/h5-9,11,14H,2-4H2,1H3,(H2,17,20,21)/t11-,14+/m1/s1. The molecule has 1 aliphatic rings. The van der Waals surface area contributed by atoms with Crippen molar-refractivity contribution >= 4 is 10.0 Å². The predicted octanol–water partition coefficient (Wildman–Crippen LogP) is 1.92. The van der Waals surface area contributed by atoms with Crippen LogP contribution >= 0.6 is 0 Å². The third-order valence-electron chi connectivity index (χ3n) is 4.19. The summed E-state index contributed by atoms with van der Waals surface area (Å²) >= 11 is 0. The van der Waals surface area contributed by atoms with Crippen LogP contribution in [0, 0.1) is 5.82 Å². The van der Waals surface area contributed by atoms with Crippen molar-refractivity contribution in [1.29, 1.82) is 0 Å². The van der Waals surface area contributed by atoms with Crippen LogP contribution in [0.2, 0.25) is 0 Å². The summed E-state index contributed by atoms with van der Waals surface area (Å²) in [4.78, 5) is -0.528. The van der Waals surface area contributed by atoms with E-state index in [1.807, 2.05) is 17.8 Å². The predicted molar refractivity (Wildman–Crippen MR) is 82.0 cm³/mol. The number of aromatic nitrogens is 2. The number of aryl methyl sites for hydroxylation is 1. The van der Waals surface area contributed by atoms with Crippen LogP contribution < -0.4 is 9.88 Å². The molecule has 0 radical (unpaired) electrons. The normalized spacial score (nSPS) is 21.5. The Morgan fingerprint density at radius 3 is 2.74 bits per heavy atom. The molecular formula is C15H18FN3O3S. The number of halogens is 1. The zero-order valence-corrected chi connectivity index (χ0v) is 13.5. The first-order valence-electron chi connectivity index (χ1n) is 7.33. The highest BCUT2D eigenvalue weighted by Crippen LogP contribution is 2.37. The van der Waals surface area contributed by atoms with E-state index in [1.54, 1.807) is 6.20 Å². The van der Waals surface area contributed by atoms with E-state index in [0.29, 0.717) is 5.75 Å². The summed E-state index contributed by atoms with van der Waals surface area (Å²) in [6, 6.07) is 5.59. The van der Waals surface area contributed by atoms with Crippen LogP contribution in [0.25, 0.3) is 0 Å². The molecule has 0 spiro atoms. The smallest absolute Gasteiger partial charge is 0.240 e. The molecule has 1 aliphatic carbocycles. The number of ether oxygens (including phenoxy) is 1. The summed E-state index contributed by atoms with van der Waals surface area (Å²) in [5.74, 6) is -0.419. The quantitative estimate of drug-likeness (QED) is 0.922. The van der Waals surface area contributed by atoms with Crippen molar-refractivity contribution in [3.63, 3.8) is 0 Å². The molecule has 1 aromatic carbocycles. The maximum absolute atomic E-state index is 13.9. The minimum Gasteiger partial charge on any atom is -0.490 e. The second kappa shape index (κ2) is 5.93. The number of rotatable bonds is 4. The van der Waals surface area contributed by atoms with Gasteiger partial charge < -0.3 is 4.74 Å². The monoisotopic (exact) mass is 339 g/mol. The lowest BCUT2D eigenvalue weighted by Crippen LogP contribution is -2.22. The van der Waals surface area contributed by atoms with Gasteiger partial charge in [0.25, 0.3) is 0 Å². The zero-order chi connectivity index (χ0) is 16.6. The number of benzene rings is 1. The van der Waals surface area contributed by atoms with Crippen LogP contribution in [0.1, 0.15) is 30.9 Å². The molecule has 3 rings (SSSR count). The summed E-state index contributed by atoms with van der Waals surface area (Å²) in [5, 5.41) is 9.13. The molecule has 0 amide bonds. The molecule has 2 atom stereocenters. The lowest BCUT2D eigenvalue weighted by molar-refractivity contribution is 0.186. The zero-order valence-electron chi connectivity index (χ0n) is 12.6. The minimum atomic E-state index is -4.07. The Morgan fingerprint density at radius 1 is 1.35 bits per heavy atom. The van der Waals surface area contributed by atoms with Crippen LogP contribution in [0.3, 0.4) is 0 Å². The van der Waals surface area contributed by atoms with E-state index in [0.717, 1.165) is 37.1 Å². The number of primary sulfonamides is 1. The summed E-state index contributed by atoms with van der Waals surface area (Å²) in [7, 11) is -2.19. The minimum absolute atomic E-state index is 0.0925. The lowest BCUT2D eigenvalue weighted by atomic mass is 10.0. The Bertz CT molecular complexity index is 819. The molecule has 6 nitrogen and oxygen atoms in total. The van der Waals surface area contributed by atoms with Crippen LogP contribution in [0.5, 0.6) is 5.75 Å².